The van der Waals surface area contributed by atoms with E-state index in [2.05, 4.69) is 69.6 Å². The molecule has 0 bridgehead atoms. The number of amides is 1. The van der Waals surface area contributed by atoms with Crippen LogP contribution in [0, 0.1) is 11.3 Å². The number of hydrazine groups is 1. The number of nitrogens with one attached hydrogen (secondary N) is 2. The van der Waals surface area contributed by atoms with Crippen molar-refractivity contribution in [3.63, 3.8) is 0 Å². The fraction of sp³-hybridized carbons (Fsp3) is 0.238. The highest BCUT2D eigenvalue weighted by atomic mass is 79.9. The van der Waals surface area contributed by atoms with Crippen molar-refractivity contribution in [1.29, 1.82) is 5.26 Å². The molecular formula is C21H21BrN4O. The lowest BCUT2D eigenvalue weighted by molar-refractivity contribution is -0.121. The summed E-state index contributed by atoms with van der Waals surface area (Å²) in [5.41, 5.74) is 9.44. The molecule has 0 atom stereocenters. The summed E-state index contributed by atoms with van der Waals surface area (Å²) in [5, 5.41) is 9.90. The number of aromatic nitrogens is 1. The van der Waals surface area contributed by atoms with E-state index in [-0.39, 0.29) is 5.91 Å². The third-order valence-corrected chi connectivity index (χ3v) is 4.88. The number of nitriles is 1. The van der Waals surface area contributed by atoms with Gasteiger partial charge < -0.3 is 4.57 Å². The number of hydrogen-bond donors (Lipinski definition) is 2. The summed E-state index contributed by atoms with van der Waals surface area (Å²) in [7, 11) is 0. The molecule has 2 N–H and O–H groups in total. The average Bonchev–Trinajstić information content (AvgIpc) is 3.00. The molecule has 1 amide bonds. The van der Waals surface area contributed by atoms with Gasteiger partial charge >= 0.3 is 0 Å². The van der Waals surface area contributed by atoms with E-state index in [4.69, 9.17) is 5.26 Å². The van der Waals surface area contributed by atoms with Crippen molar-refractivity contribution in [3.05, 3.63) is 69.8 Å². The van der Waals surface area contributed by atoms with E-state index < -0.39 is 0 Å². The molecule has 0 aliphatic carbocycles. The van der Waals surface area contributed by atoms with Crippen molar-refractivity contribution >= 4 is 32.7 Å². The zero-order valence-electron chi connectivity index (χ0n) is 15.3. The second kappa shape index (κ2) is 8.38. The fourth-order valence-corrected chi connectivity index (χ4v) is 3.39. The summed E-state index contributed by atoms with van der Waals surface area (Å²) in [4.78, 5) is 12.4. The minimum Gasteiger partial charge on any atom is -0.345 e. The van der Waals surface area contributed by atoms with Crippen LogP contribution in [-0.2, 0) is 17.8 Å². The number of carbonyl (C=O) groups is 1. The molecule has 0 aliphatic heterocycles. The molecule has 27 heavy (non-hydrogen) atoms. The highest BCUT2D eigenvalue weighted by Gasteiger charge is 2.13. The lowest BCUT2D eigenvalue weighted by atomic mass is 10.1. The standard InChI is InChI=1S/C21H21BrN4O/c1-14(2)26-13-17(19-10-18(22)7-8-20(19)26)9-21(27)25-24-12-16-5-3-15(11-23)4-6-16/h3-8,10,13-14,24H,9,12H2,1-2H3,(H,25,27). The van der Waals surface area contributed by atoms with E-state index in [9.17, 15) is 4.79 Å². The van der Waals surface area contributed by atoms with Gasteiger partial charge in [0.2, 0.25) is 5.91 Å². The quantitative estimate of drug-likeness (QED) is 0.581. The summed E-state index contributed by atoms with van der Waals surface area (Å²) >= 11 is 3.51. The predicted molar refractivity (Wildman–Crippen MR) is 110 cm³/mol. The molecule has 1 heterocycles. The lowest BCUT2D eigenvalue weighted by Gasteiger charge is -2.08. The summed E-state index contributed by atoms with van der Waals surface area (Å²) in [5.74, 6) is -0.0913. The van der Waals surface area contributed by atoms with Gasteiger partial charge in [-0.1, -0.05) is 28.1 Å². The van der Waals surface area contributed by atoms with Gasteiger partial charge in [0.05, 0.1) is 18.1 Å². The number of nitrogens with zero attached hydrogens (tertiary/aromatic N) is 2. The van der Waals surface area contributed by atoms with Crippen LogP contribution >= 0.6 is 15.9 Å². The average molecular weight is 425 g/mol. The molecule has 2 aromatic carbocycles. The molecule has 0 saturated heterocycles. The van der Waals surface area contributed by atoms with Gasteiger partial charge in [0.1, 0.15) is 0 Å². The van der Waals surface area contributed by atoms with Crippen molar-refractivity contribution in [2.75, 3.05) is 0 Å². The Bertz CT molecular complexity index is 999. The Morgan fingerprint density at radius 1 is 1.22 bits per heavy atom. The minimum atomic E-state index is -0.0913. The van der Waals surface area contributed by atoms with Gasteiger partial charge in [0.25, 0.3) is 0 Å². The van der Waals surface area contributed by atoms with Gasteiger partial charge in [0, 0.05) is 34.2 Å². The summed E-state index contributed by atoms with van der Waals surface area (Å²) in [6.07, 6.45) is 2.36. The molecule has 0 aliphatic rings. The summed E-state index contributed by atoms with van der Waals surface area (Å²) < 4.78 is 3.19. The third-order valence-electron chi connectivity index (χ3n) is 4.39. The Morgan fingerprint density at radius 3 is 2.63 bits per heavy atom. The first-order chi connectivity index (χ1) is 13.0. The highest BCUT2D eigenvalue weighted by Crippen LogP contribution is 2.28. The van der Waals surface area contributed by atoms with Crippen LogP contribution in [0.3, 0.4) is 0 Å². The molecule has 1 aromatic heterocycles. The topological polar surface area (TPSA) is 69.8 Å². The number of rotatable bonds is 6. The molecular weight excluding hydrogens is 404 g/mol. The molecule has 0 spiro atoms. The zero-order valence-corrected chi connectivity index (χ0v) is 16.9. The predicted octanol–water partition coefficient (Wildman–Crippen LogP) is 4.22. The molecule has 0 fully saturated rings. The summed E-state index contributed by atoms with van der Waals surface area (Å²) in [6, 6.07) is 15.8. The van der Waals surface area contributed by atoms with Crippen LogP contribution < -0.4 is 10.9 Å². The van der Waals surface area contributed by atoms with Gasteiger partial charge in [0.15, 0.2) is 0 Å². The van der Waals surface area contributed by atoms with Gasteiger partial charge in [-0.05, 0) is 55.3 Å². The van der Waals surface area contributed by atoms with Crippen molar-refractivity contribution in [1.82, 2.24) is 15.4 Å². The van der Waals surface area contributed by atoms with E-state index in [1.54, 1.807) is 12.1 Å². The van der Waals surface area contributed by atoms with Crippen LogP contribution in [0.5, 0.6) is 0 Å². The van der Waals surface area contributed by atoms with E-state index in [0.717, 1.165) is 26.5 Å². The Hall–Kier alpha value is -2.62. The number of carbonyl (C=O) groups excluding carboxylic acids is 1. The van der Waals surface area contributed by atoms with E-state index in [0.29, 0.717) is 24.6 Å². The van der Waals surface area contributed by atoms with Gasteiger partial charge in [-0.15, -0.1) is 0 Å². The smallest absolute Gasteiger partial charge is 0.238 e. The number of halogens is 1. The highest BCUT2D eigenvalue weighted by molar-refractivity contribution is 9.10. The monoisotopic (exact) mass is 424 g/mol. The first-order valence-corrected chi connectivity index (χ1v) is 9.57. The minimum absolute atomic E-state index is 0.0913. The first kappa shape index (κ1) is 19.2. The van der Waals surface area contributed by atoms with Crippen LogP contribution in [0.25, 0.3) is 10.9 Å². The van der Waals surface area contributed by atoms with E-state index >= 15 is 0 Å². The van der Waals surface area contributed by atoms with E-state index in [1.165, 1.54) is 0 Å². The van der Waals surface area contributed by atoms with Crippen molar-refractivity contribution in [2.24, 2.45) is 0 Å². The molecule has 0 unspecified atom stereocenters. The first-order valence-electron chi connectivity index (χ1n) is 8.77. The Balaban J connectivity index is 1.65. The van der Waals surface area contributed by atoms with Crippen molar-refractivity contribution in [3.8, 4) is 6.07 Å². The molecule has 3 aromatic rings. The molecule has 0 radical (unpaired) electrons. The zero-order chi connectivity index (χ0) is 19.4. The van der Waals surface area contributed by atoms with Crippen LogP contribution in [0.15, 0.2) is 53.1 Å². The second-order valence-electron chi connectivity index (χ2n) is 6.70. The fourth-order valence-electron chi connectivity index (χ4n) is 3.02. The Kier molecular flexibility index (Phi) is 5.94. The molecule has 0 saturated carbocycles. The lowest BCUT2D eigenvalue weighted by Crippen LogP contribution is -2.37. The molecule has 138 valence electrons. The van der Waals surface area contributed by atoms with Crippen LogP contribution in [0.4, 0.5) is 0 Å². The maximum Gasteiger partial charge on any atom is 0.238 e. The van der Waals surface area contributed by atoms with Crippen molar-refractivity contribution < 1.29 is 4.79 Å². The maximum atomic E-state index is 12.4. The molecule has 3 rings (SSSR count). The normalized spacial score (nSPS) is 10.9. The molecule has 6 heteroatoms. The number of hydrogen-bond acceptors (Lipinski definition) is 3. The van der Waals surface area contributed by atoms with Crippen LogP contribution in [-0.4, -0.2) is 10.5 Å². The Labute approximate surface area is 167 Å². The van der Waals surface area contributed by atoms with Gasteiger partial charge in [-0.3, -0.25) is 10.2 Å². The SMILES string of the molecule is CC(C)n1cc(CC(=O)NNCc2ccc(C#N)cc2)c2cc(Br)ccc21. The second-order valence-corrected chi connectivity index (χ2v) is 7.62. The third kappa shape index (κ3) is 4.57. The van der Waals surface area contributed by atoms with Crippen LogP contribution in [0.2, 0.25) is 0 Å². The largest absolute Gasteiger partial charge is 0.345 e. The molecule has 5 nitrogen and oxygen atoms in total. The van der Waals surface area contributed by atoms with Gasteiger partial charge in [-0.2, -0.15) is 5.26 Å². The van der Waals surface area contributed by atoms with Crippen molar-refractivity contribution in [2.45, 2.75) is 32.9 Å². The van der Waals surface area contributed by atoms with Crippen LogP contribution in [0.1, 0.15) is 36.6 Å². The summed E-state index contributed by atoms with van der Waals surface area (Å²) in [6.45, 7) is 4.76. The number of benzene rings is 2. The van der Waals surface area contributed by atoms with Gasteiger partial charge in [-0.25, -0.2) is 5.43 Å². The Morgan fingerprint density at radius 2 is 1.96 bits per heavy atom. The number of fused-ring (bicyclic) bond motifs is 1. The maximum absolute atomic E-state index is 12.4. The van der Waals surface area contributed by atoms with E-state index in [1.807, 2.05) is 18.2 Å².